The Morgan fingerprint density at radius 1 is 1.56 bits per heavy atom. The van der Waals surface area contributed by atoms with E-state index in [0.717, 1.165) is 11.3 Å². The van der Waals surface area contributed by atoms with E-state index in [1.54, 1.807) is 19.9 Å². The molecular weight excluding hydrogens is 237 g/mol. The number of ether oxygens (including phenoxy) is 1. The van der Waals surface area contributed by atoms with Crippen LogP contribution in [0.15, 0.2) is 18.2 Å². The second kappa shape index (κ2) is 6.96. The number of carbonyl (C=O) groups is 1. The quantitative estimate of drug-likeness (QED) is 0.762. The van der Waals surface area contributed by atoms with Crippen LogP contribution in [-0.2, 0) is 9.53 Å². The number of hydrogen-bond acceptors (Lipinski definition) is 4. The summed E-state index contributed by atoms with van der Waals surface area (Å²) in [5.74, 6) is -0.729. The van der Waals surface area contributed by atoms with Gasteiger partial charge < -0.3 is 15.2 Å². The lowest BCUT2D eigenvalue weighted by Gasteiger charge is -2.13. The summed E-state index contributed by atoms with van der Waals surface area (Å²) in [5, 5.41) is 12.6. The molecule has 1 unspecified atom stereocenters. The number of benzene rings is 1. The van der Waals surface area contributed by atoms with Crippen LogP contribution in [0.3, 0.4) is 0 Å². The molecule has 0 aliphatic rings. The van der Waals surface area contributed by atoms with Gasteiger partial charge in [0.15, 0.2) is 0 Å². The minimum atomic E-state index is -0.825. The normalized spacial score (nSPS) is 12.0. The van der Waals surface area contributed by atoms with Crippen molar-refractivity contribution in [3.8, 4) is 0 Å². The fourth-order valence-corrected chi connectivity index (χ4v) is 1.54. The lowest BCUT2D eigenvalue weighted by molar-refractivity contribution is -0.145. The van der Waals surface area contributed by atoms with Crippen molar-refractivity contribution in [3.05, 3.63) is 29.6 Å². The van der Waals surface area contributed by atoms with Crippen molar-refractivity contribution >= 4 is 11.7 Å². The molecule has 0 spiro atoms. The van der Waals surface area contributed by atoms with Gasteiger partial charge in [0.2, 0.25) is 0 Å². The molecule has 1 aromatic rings. The van der Waals surface area contributed by atoms with Crippen LogP contribution in [0.25, 0.3) is 0 Å². The Morgan fingerprint density at radius 2 is 2.28 bits per heavy atom. The number of carbonyl (C=O) groups excluding carboxylic acids is 1. The first kappa shape index (κ1) is 14.4. The molecule has 4 nitrogen and oxygen atoms in total. The maximum absolute atomic E-state index is 12.9. The molecule has 100 valence electrons. The predicted octanol–water partition coefficient (Wildman–Crippen LogP) is 1.86. The van der Waals surface area contributed by atoms with Crippen LogP contribution in [0.1, 0.15) is 18.9 Å². The van der Waals surface area contributed by atoms with Crippen molar-refractivity contribution in [2.24, 2.45) is 0 Å². The SMILES string of the molecule is CCOC(=O)CC(O)CNc1ccc(F)cc1C. The molecule has 1 atom stereocenters. The van der Waals surface area contributed by atoms with Crippen LogP contribution < -0.4 is 5.32 Å². The molecule has 0 aliphatic heterocycles. The highest BCUT2D eigenvalue weighted by Gasteiger charge is 2.11. The van der Waals surface area contributed by atoms with Crippen LogP contribution in [0.4, 0.5) is 10.1 Å². The van der Waals surface area contributed by atoms with Crippen molar-refractivity contribution in [2.45, 2.75) is 26.4 Å². The highest BCUT2D eigenvalue weighted by molar-refractivity contribution is 5.70. The van der Waals surface area contributed by atoms with Crippen LogP contribution in [0.5, 0.6) is 0 Å². The molecule has 0 fully saturated rings. The maximum atomic E-state index is 12.9. The summed E-state index contributed by atoms with van der Waals surface area (Å²) in [4.78, 5) is 11.1. The van der Waals surface area contributed by atoms with Gasteiger partial charge in [0.1, 0.15) is 5.82 Å². The van der Waals surface area contributed by atoms with Gasteiger partial charge >= 0.3 is 5.97 Å². The molecule has 1 rings (SSSR count). The molecule has 1 aromatic carbocycles. The third-order valence-electron chi connectivity index (χ3n) is 2.42. The van der Waals surface area contributed by atoms with Gasteiger partial charge in [-0.3, -0.25) is 4.79 Å². The number of aliphatic hydroxyl groups is 1. The van der Waals surface area contributed by atoms with E-state index in [-0.39, 0.29) is 18.8 Å². The van der Waals surface area contributed by atoms with Crippen molar-refractivity contribution in [3.63, 3.8) is 0 Å². The van der Waals surface area contributed by atoms with Crippen molar-refractivity contribution in [2.75, 3.05) is 18.5 Å². The average Bonchev–Trinajstić information content (AvgIpc) is 2.28. The molecule has 0 aliphatic carbocycles. The monoisotopic (exact) mass is 255 g/mol. The summed E-state index contributed by atoms with van der Waals surface area (Å²) >= 11 is 0. The minimum absolute atomic E-state index is 0.0545. The van der Waals surface area contributed by atoms with Gasteiger partial charge in [-0.2, -0.15) is 0 Å². The highest BCUT2D eigenvalue weighted by Crippen LogP contribution is 2.15. The summed E-state index contributed by atoms with van der Waals surface area (Å²) in [5.41, 5.74) is 1.48. The van der Waals surface area contributed by atoms with Gasteiger partial charge in [0.25, 0.3) is 0 Å². The van der Waals surface area contributed by atoms with Gasteiger partial charge in [-0.05, 0) is 37.6 Å². The Morgan fingerprint density at radius 3 is 2.89 bits per heavy atom. The summed E-state index contributed by atoms with van der Waals surface area (Å²) in [6, 6.07) is 4.34. The number of halogens is 1. The van der Waals surface area contributed by atoms with E-state index >= 15 is 0 Å². The van der Waals surface area contributed by atoms with E-state index in [4.69, 9.17) is 4.74 Å². The second-order valence-electron chi connectivity index (χ2n) is 4.00. The van der Waals surface area contributed by atoms with E-state index < -0.39 is 12.1 Å². The Kier molecular flexibility index (Phi) is 5.58. The van der Waals surface area contributed by atoms with Crippen molar-refractivity contribution in [1.82, 2.24) is 0 Å². The Bertz CT molecular complexity index is 409. The molecule has 0 saturated carbocycles. The van der Waals surface area contributed by atoms with E-state index in [9.17, 15) is 14.3 Å². The molecule has 5 heteroatoms. The van der Waals surface area contributed by atoms with Crippen molar-refractivity contribution < 1.29 is 19.0 Å². The average molecular weight is 255 g/mol. The number of esters is 1. The summed E-state index contributed by atoms with van der Waals surface area (Å²) in [7, 11) is 0. The van der Waals surface area contributed by atoms with E-state index in [1.165, 1.54) is 12.1 Å². The van der Waals surface area contributed by atoms with Crippen LogP contribution in [0, 0.1) is 12.7 Å². The number of nitrogens with one attached hydrogen (secondary N) is 1. The summed E-state index contributed by atoms with van der Waals surface area (Å²) in [6.45, 7) is 3.99. The first-order valence-corrected chi connectivity index (χ1v) is 5.86. The number of aliphatic hydroxyl groups excluding tert-OH is 1. The van der Waals surface area contributed by atoms with Gasteiger partial charge in [-0.15, -0.1) is 0 Å². The number of aryl methyl sites for hydroxylation is 1. The topological polar surface area (TPSA) is 58.6 Å². The minimum Gasteiger partial charge on any atom is -0.466 e. The van der Waals surface area contributed by atoms with Gasteiger partial charge in [0, 0.05) is 12.2 Å². The first-order chi connectivity index (χ1) is 8.52. The van der Waals surface area contributed by atoms with Gasteiger partial charge in [-0.1, -0.05) is 0 Å². The third-order valence-corrected chi connectivity index (χ3v) is 2.42. The van der Waals surface area contributed by atoms with E-state index in [2.05, 4.69) is 5.32 Å². The standard InChI is InChI=1S/C13H18FNO3/c1-3-18-13(17)7-11(16)8-15-12-5-4-10(14)6-9(12)2/h4-6,11,15-16H,3,7-8H2,1-2H3. The van der Waals surface area contributed by atoms with Gasteiger partial charge in [-0.25, -0.2) is 4.39 Å². The Labute approximate surface area is 106 Å². The zero-order chi connectivity index (χ0) is 13.5. The molecule has 18 heavy (non-hydrogen) atoms. The number of rotatable bonds is 6. The van der Waals surface area contributed by atoms with Crippen LogP contribution >= 0.6 is 0 Å². The molecule has 0 saturated heterocycles. The fourth-order valence-electron chi connectivity index (χ4n) is 1.54. The Hall–Kier alpha value is -1.62. The highest BCUT2D eigenvalue weighted by atomic mass is 19.1. The second-order valence-corrected chi connectivity index (χ2v) is 4.00. The molecular formula is C13H18FNO3. The fraction of sp³-hybridized carbons (Fsp3) is 0.462. The summed E-state index contributed by atoms with van der Waals surface area (Å²) in [6.07, 6.45) is -0.880. The third kappa shape index (κ3) is 4.71. The molecule has 0 bridgehead atoms. The molecule has 0 aromatic heterocycles. The van der Waals surface area contributed by atoms with E-state index in [1.807, 2.05) is 0 Å². The largest absolute Gasteiger partial charge is 0.466 e. The molecule has 0 radical (unpaired) electrons. The first-order valence-electron chi connectivity index (χ1n) is 5.86. The summed E-state index contributed by atoms with van der Waals surface area (Å²) < 4.78 is 17.6. The van der Waals surface area contributed by atoms with Crippen LogP contribution in [0.2, 0.25) is 0 Å². The maximum Gasteiger partial charge on any atom is 0.308 e. The number of hydrogen-bond donors (Lipinski definition) is 2. The number of anilines is 1. The predicted molar refractivity (Wildman–Crippen MR) is 66.9 cm³/mol. The van der Waals surface area contributed by atoms with Crippen molar-refractivity contribution in [1.29, 1.82) is 0 Å². The van der Waals surface area contributed by atoms with Gasteiger partial charge in [0.05, 0.1) is 19.1 Å². The smallest absolute Gasteiger partial charge is 0.308 e. The lowest BCUT2D eigenvalue weighted by atomic mass is 10.2. The Balaban J connectivity index is 2.42. The lowest BCUT2D eigenvalue weighted by Crippen LogP contribution is -2.24. The van der Waals surface area contributed by atoms with Crippen LogP contribution in [-0.4, -0.2) is 30.3 Å². The van der Waals surface area contributed by atoms with E-state index in [0.29, 0.717) is 6.61 Å². The zero-order valence-corrected chi connectivity index (χ0v) is 10.6. The molecule has 2 N–H and O–H groups in total. The molecule has 0 amide bonds. The zero-order valence-electron chi connectivity index (χ0n) is 10.6. The molecule has 0 heterocycles.